The van der Waals surface area contributed by atoms with E-state index in [0.29, 0.717) is 6.61 Å². The molecule has 0 bridgehead atoms. The number of rotatable bonds is 3. The van der Waals surface area contributed by atoms with Gasteiger partial charge in [0.1, 0.15) is 0 Å². The molecule has 0 saturated heterocycles. The van der Waals surface area contributed by atoms with Crippen LogP contribution in [-0.2, 0) is 32.7 Å². The third-order valence-electron chi connectivity index (χ3n) is 1.70. The zero-order valence-corrected chi connectivity index (χ0v) is 9.63. The Balaban J connectivity index is 0.000001000. The monoisotopic (exact) mass is 227 g/mol. The Hall–Kier alpha value is 0.544. The molecule has 1 aliphatic rings. The molecule has 1 rings (SSSR count). The standard InChI is InChI=1S/C9H14O.Y/c10-8-4-7-9-5-2-1-3-6-9;/h2,5-6,10H,1,3-4,7-8H2;. The van der Waals surface area contributed by atoms with Gasteiger partial charge in [0, 0.05) is 39.3 Å². The van der Waals surface area contributed by atoms with Crippen LogP contribution < -0.4 is 0 Å². The fourth-order valence-corrected chi connectivity index (χ4v) is 1.14. The maximum atomic E-state index is 8.55. The van der Waals surface area contributed by atoms with Gasteiger partial charge in [-0.15, -0.1) is 0 Å². The minimum atomic E-state index is 0. The van der Waals surface area contributed by atoms with Crippen molar-refractivity contribution in [2.24, 2.45) is 0 Å². The van der Waals surface area contributed by atoms with E-state index < -0.39 is 0 Å². The van der Waals surface area contributed by atoms with Crippen molar-refractivity contribution in [3.05, 3.63) is 23.8 Å². The minimum Gasteiger partial charge on any atom is -0.396 e. The van der Waals surface area contributed by atoms with Crippen molar-refractivity contribution in [1.29, 1.82) is 0 Å². The summed E-state index contributed by atoms with van der Waals surface area (Å²) in [6.45, 7) is 0.311. The van der Waals surface area contributed by atoms with Gasteiger partial charge in [0.25, 0.3) is 0 Å². The summed E-state index contributed by atoms with van der Waals surface area (Å²) in [5.74, 6) is 0. The smallest absolute Gasteiger partial charge is 0.0434 e. The van der Waals surface area contributed by atoms with E-state index in [1.807, 2.05) is 0 Å². The van der Waals surface area contributed by atoms with Crippen molar-refractivity contribution in [3.63, 3.8) is 0 Å². The average Bonchev–Trinajstić information content (AvgIpc) is 2.03. The fraction of sp³-hybridized carbons (Fsp3) is 0.556. The molecule has 0 heterocycles. The van der Waals surface area contributed by atoms with E-state index in [2.05, 4.69) is 18.2 Å². The van der Waals surface area contributed by atoms with Crippen molar-refractivity contribution in [1.82, 2.24) is 0 Å². The minimum absolute atomic E-state index is 0. The molecule has 1 radical (unpaired) electrons. The molecule has 1 nitrogen and oxygen atoms in total. The Bertz CT molecular complexity index is 150. The van der Waals surface area contributed by atoms with Crippen LogP contribution in [0.3, 0.4) is 0 Å². The quantitative estimate of drug-likeness (QED) is 0.782. The summed E-state index contributed by atoms with van der Waals surface area (Å²) in [6.07, 6.45) is 10.9. The van der Waals surface area contributed by atoms with Gasteiger partial charge in [-0.2, -0.15) is 0 Å². The molecule has 0 saturated carbocycles. The molecule has 0 aliphatic heterocycles. The second-order valence-corrected chi connectivity index (χ2v) is 2.59. The van der Waals surface area contributed by atoms with Crippen molar-refractivity contribution >= 4 is 0 Å². The van der Waals surface area contributed by atoms with Gasteiger partial charge in [-0.1, -0.05) is 23.8 Å². The number of hydrogen-bond donors (Lipinski definition) is 1. The Morgan fingerprint density at radius 2 is 2.18 bits per heavy atom. The molecular weight excluding hydrogens is 213 g/mol. The summed E-state index contributed by atoms with van der Waals surface area (Å²) in [7, 11) is 0. The van der Waals surface area contributed by atoms with Crippen LogP contribution >= 0.6 is 0 Å². The molecule has 2 heteroatoms. The molecule has 0 amide bonds. The molecule has 0 fully saturated rings. The normalized spacial score (nSPS) is 15.5. The summed E-state index contributed by atoms with van der Waals surface area (Å²) in [4.78, 5) is 0. The fourth-order valence-electron chi connectivity index (χ4n) is 1.14. The summed E-state index contributed by atoms with van der Waals surface area (Å²) < 4.78 is 0. The van der Waals surface area contributed by atoms with Crippen molar-refractivity contribution in [2.45, 2.75) is 25.7 Å². The molecule has 0 aromatic heterocycles. The number of aliphatic hydroxyl groups excluding tert-OH is 1. The van der Waals surface area contributed by atoms with E-state index in [0.717, 1.165) is 12.8 Å². The molecule has 0 spiro atoms. The average molecular weight is 227 g/mol. The van der Waals surface area contributed by atoms with Gasteiger partial charge >= 0.3 is 0 Å². The Labute approximate surface area is 93.5 Å². The third-order valence-corrected chi connectivity index (χ3v) is 1.70. The number of hydrogen-bond acceptors (Lipinski definition) is 1. The molecule has 1 aliphatic carbocycles. The maximum Gasteiger partial charge on any atom is 0.0434 e. The predicted molar refractivity (Wildman–Crippen MR) is 42.8 cm³/mol. The molecule has 1 N–H and O–H groups in total. The second kappa shape index (κ2) is 7.21. The summed E-state index contributed by atoms with van der Waals surface area (Å²) >= 11 is 0. The van der Waals surface area contributed by atoms with Crippen LogP contribution in [-0.4, -0.2) is 11.7 Å². The molecule has 11 heavy (non-hydrogen) atoms. The SMILES string of the molecule is OCCCC1=CCCC=C1.[Y]. The number of aliphatic hydroxyl groups is 1. The van der Waals surface area contributed by atoms with Crippen LogP contribution in [0.1, 0.15) is 25.7 Å². The van der Waals surface area contributed by atoms with Gasteiger partial charge in [0.2, 0.25) is 0 Å². The van der Waals surface area contributed by atoms with Crippen molar-refractivity contribution < 1.29 is 37.8 Å². The van der Waals surface area contributed by atoms with E-state index in [4.69, 9.17) is 5.11 Å². The summed E-state index contributed by atoms with van der Waals surface area (Å²) in [6, 6.07) is 0. The zero-order valence-electron chi connectivity index (χ0n) is 6.79. The van der Waals surface area contributed by atoms with Gasteiger partial charge < -0.3 is 5.11 Å². The maximum absolute atomic E-state index is 8.55. The second-order valence-electron chi connectivity index (χ2n) is 2.59. The third kappa shape index (κ3) is 4.89. The van der Waals surface area contributed by atoms with E-state index in [1.165, 1.54) is 18.4 Å². The molecule has 0 aromatic rings. The molecule has 0 aromatic carbocycles. The van der Waals surface area contributed by atoms with Crippen LogP contribution in [0.5, 0.6) is 0 Å². The van der Waals surface area contributed by atoms with Crippen LogP contribution in [0.15, 0.2) is 23.8 Å². The zero-order chi connectivity index (χ0) is 7.23. The van der Waals surface area contributed by atoms with Gasteiger partial charge in [-0.25, -0.2) is 0 Å². The first kappa shape index (κ1) is 11.5. The first-order valence-electron chi connectivity index (χ1n) is 3.90. The Kier molecular flexibility index (Phi) is 7.56. The summed E-state index contributed by atoms with van der Waals surface area (Å²) in [5, 5.41) is 8.55. The van der Waals surface area contributed by atoms with Crippen molar-refractivity contribution in [3.8, 4) is 0 Å². The van der Waals surface area contributed by atoms with E-state index in [1.54, 1.807) is 0 Å². The van der Waals surface area contributed by atoms with Crippen LogP contribution in [0, 0.1) is 0 Å². The van der Waals surface area contributed by atoms with Crippen molar-refractivity contribution in [2.75, 3.05) is 6.61 Å². The van der Waals surface area contributed by atoms with Gasteiger partial charge in [0.05, 0.1) is 0 Å². The first-order valence-corrected chi connectivity index (χ1v) is 3.90. The van der Waals surface area contributed by atoms with E-state index >= 15 is 0 Å². The molecule has 0 atom stereocenters. The molecule has 59 valence electrons. The van der Waals surface area contributed by atoms with Gasteiger partial charge in [0.15, 0.2) is 0 Å². The van der Waals surface area contributed by atoms with Crippen LogP contribution in [0.25, 0.3) is 0 Å². The Morgan fingerprint density at radius 3 is 2.73 bits per heavy atom. The summed E-state index contributed by atoms with van der Waals surface area (Å²) in [5.41, 5.74) is 1.39. The molecular formula is C9H14OY. The molecule has 0 unspecified atom stereocenters. The van der Waals surface area contributed by atoms with Crippen LogP contribution in [0.2, 0.25) is 0 Å². The van der Waals surface area contributed by atoms with Crippen LogP contribution in [0.4, 0.5) is 0 Å². The first-order chi connectivity index (χ1) is 4.93. The van der Waals surface area contributed by atoms with E-state index in [9.17, 15) is 0 Å². The predicted octanol–water partition coefficient (Wildman–Crippen LogP) is 2.03. The largest absolute Gasteiger partial charge is 0.396 e. The Morgan fingerprint density at radius 1 is 1.36 bits per heavy atom. The number of allylic oxidation sites excluding steroid dienone is 4. The van der Waals surface area contributed by atoms with Gasteiger partial charge in [-0.05, 0) is 25.7 Å². The van der Waals surface area contributed by atoms with Gasteiger partial charge in [-0.3, -0.25) is 0 Å². The van der Waals surface area contributed by atoms with E-state index in [-0.39, 0.29) is 32.7 Å². The topological polar surface area (TPSA) is 20.2 Å².